The van der Waals surface area contributed by atoms with E-state index in [0.717, 1.165) is 39.1 Å². The number of aromatic nitrogens is 2. The molecular formula is C38H48N10O6. The van der Waals surface area contributed by atoms with Crippen LogP contribution >= 0.6 is 0 Å². The Morgan fingerprint density at radius 2 is 1.26 bits per heavy atom. The number of carbonyl (C=O) groups is 5. The smallest absolute Gasteiger partial charge is 0.323 e. The number of ketones is 1. The van der Waals surface area contributed by atoms with Crippen molar-refractivity contribution in [1.82, 2.24) is 30.4 Å². The molecule has 1 aromatic heterocycles. The van der Waals surface area contributed by atoms with Crippen LogP contribution in [0.5, 0.6) is 0 Å². The Bertz CT molecular complexity index is 2050. The third-order valence-corrected chi connectivity index (χ3v) is 8.67. The number of anilines is 3. The second kappa shape index (κ2) is 19.6. The van der Waals surface area contributed by atoms with Crippen molar-refractivity contribution >= 4 is 63.2 Å². The number of hydrogen-bond acceptors (Lipinski definition) is 10. The number of amides is 4. The lowest BCUT2D eigenvalue weighted by Gasteiger charge is -2.19. The van der Waals surface area contributed by atoms with E-state index < -0.39 is 29.0 Å². The van der Waals surface area contributed by atoms with Gasteiger partial charge in [0.2, 0.25) is 0 Å². The maximum Gasteiger partial charge on any atom is 0.323 e. The lowest BCUT2D eigenvalue weighted by atomic mass is 10.1. The number of benzene rings is 3. The highest BCUT2D eigenvalue weighted by molar-refractivity contribution is 6.67. The predicted molar refractivity (Wildman–Crippen MR) is 210 cm³/mol. The van der Waals surface area contributed by atoms with Crippen molar-refractivity contribution in [2.45, 2.75) is 41.0 Å². The number of H-pyrrole nitrogens is 2. The van der Waals surface area contributed by atoms with Crippen LogP contribution in [-0.4, -0.2) is 101 Å². The normalized spacial score (nSPS) is 11.4. The van der Waals surface area contributed by atoms with Crippen LogP contribution in [0, 0.1) is 0 Å². The highest BCUT2D eigenvalue weighted by Gasteiger charge is 2.19. The number of hydrogen-bond donors (Lipinski definition) is 7. The molecule has 4 amide bonds. The molecule has 286 valence electrons. The number of aromatic amines is 2. The fraction of sp³-hybridized carbons (Fsp3) is 0.342. The Kier molecular flexibility index (Phi) is 14.8. The van der Waals surface area contributed by atoms with Gasteiger partial charge in [-0.25, -0.2) is 4.79 Å². The van der Waals surface area contributed by atoms with Gasteiger partial charge >= 0.3 is 5.69 Å². The zero-order valence-electron chi connectivity index (χ0n) is 31.2. The van der Waals surface area contributed by atoms with Crippen molar-refractivity contribution in [2.24, 2.45) is 5.10 Å². The van der Waals surface area contributed by atoms with Crippen molar-refractivity contribution in [3.8, 4) is 0 Å². The maximum absolute atomic E-state index is 13.3. The van der Waals surface area contributed by atoms with Crippen LogP contribution in [0.3, 0.4) is 0 Å². The standard InChI is InChI=1S/C38H48N10O6/c1-6-47(7-2)18-10-17-39-34(50)26-19-27(35(51)40-23-48(8-3)9-4)21-30(20-26)42-36(52)25-11-13-28(14-12-25)45-46-33(24(5)49)37(53)41-29-15-16-31-32(22-29)44-38(54)43-31/h11-16,19-22,45H,6-10,17-18,23H2,1-5H3,(H,39,50)(H,40,51)(H,41,53)(H,42,52)(H2,43,44,54)/b46-33-. The summed E-state index contributed by atoms with van der Waals surface area (Å²) in [7, 11) is 0. The van der Waals surface area contributed by atoms with E-state index in [2.05, 4.69) is 60.5 Å². The summed E-state index contributed by atoms with van der Waals surface area (Å²) in [5.74, 6) is -2.61. The van der Waals surface area contributed by atoms with Crippen LogP contribution in [0.15, 0.2) is 70.6 Å². The first-order valence-electron chi connectivity index (χ1n) is 17.9. The van der Waals surface area contributed by atoms with Crippen LogP contribution < -0.4 is 32.4 Å². The Morgan fingerprint density at radius 1 is 0.648 bits per heavy atom. The highest BCUT2D eigenvalue weighted by atomic mass is 16.2. The summed E-state index contributed by atoms with van der Waals surface area (Å²) in [5, 5.41) is 15.2. The molecule has 0 radical (unpaired) electrons. The molecule has 0 aliphatic rings. The first-order valence-corrected chi connectivity index (χ1v) is 17.9. The molecule has 7 N–H and O–H groups in total. The van der Waals surface area contributed by atoms with Gasteiger partial charge in [-0.15, -0.1) is 0 Å². The quantitative estimate of drug-likeness (QED) is 0.0246. The van der Waals surface area contributed by atoms with Gasteiger partial charge in [0.05, 0.1) is 23.4 Å². The molecule has 0 unspecified atom stereocenters. The zero-order valence-corrected chi connectivity index (χ0v) is 31.2. The summed E-state index contributed by atoms with van der Waals surface area (Å²) in [4.78, 5) is 85.9. The van der Waals surface area contributed by atoms with Crippen molar-refractivity contribution < 1.29 is 24.0 Å². The third-order valence-electron chi connectivity index (χ3n) is 8.67. The van der Waals surface area contributed by atoms with Crippen LogP contribution in [0.2, 0.25) is 0 Å². The number of Topliss-reactive ketones (excluding diaryl/α,β-unsaturated/α-hetero) is 1. The minimum atomic E-state index is -0.764. The second-order valence-corrected chi connectivity index (χ2v) is 12.4. The average molecular weight is 741 g/mol. The summed E-state index contributed by atoms with van der Waals surface area (Å²) in [6.07, 6.45) is 0.760. The fourth-order valence-corrected chi connectivity index (χ4v) is 5.45. The van der Waals surface area contributed by atoms with Gasteiger partial charge in [-0.05, 0) is 99.8 Å². The Labute approximate surface area is 313 Å². The van der Waals surface area contributed by atoms with E-state index in [1.54, 1.807) is 30.3 Å². The van der Waals surface area contributed by atoms with Crippen LogP contribution in [-0.2, 0) is 9.59 Å². The average Bonchev–Trinajstić information content (AvgIpc) is 3.54. The van der Waals surface area contributed by atoms with Gasteiger partial charge in [0.25, 0.3) is 23.6 Å². The lowest BCUT2D eigenvalue weighted by Crippen LogP contribution is -2.37. The van der Waals surface area contributed by atoms with Gasteiger partial charge < -0.3 is 36.1 Å². The maximum atomic E-state index is 13.3. The molecule has 4 aromatic rings. The summed E-state index contributed by atoms with van der Waals surface area (Å²) in [5.41, 5.74) is 4.61. The van der Waals surface area contributed by atoms with Crippen LogP contribution in [0.4, 0.5) is 17.1 Å². The number of nitrogens with zero attached hydrogens (tertiary/aromatic N) is 3. The summed E-state index contributed by atoms with van der Waals surface area (Å²) >= 11 is 0. The largest absolute Gasteiger partial charge is 0.352 e. The Hall–Kier alpha value is -6.13. The first kappa shape index (κ1) is 40.6. The molecule has 0 atom stereocenters. The van der Waals surface area contributed by atoms with Gasteiger partial charge in [-0.3, -0.25) is 34.3 Å². The van der Waals surface area contributed by atoms with E-state index in [9.17, 15) is 28.8 Å². The van der Waals surface area contributed by atoms with Crippen molar-refractivity contribution in [1.29, 1.82) is 0 Å². The number of rotatable bonds is 19. The SMILES string of the molecule is CCN(CC)CCCNC(=O)c1cc(NC(=O)c2ccc(N/N=C(/C(C)=O)C(=O)Nc3ccc4[nH]c(=O)[nH]c4c3)cc2)cc(C(=O)NCN(CC)CC)c1. The van der Waals surface area contributed by atoms with Crippen LogP contribution in [0.25, 0.3) is 11.0 Å². The monoisotopic (exact) mass is 740 g/mol. The lowest BCUT2D eigenvalue weighted by molar-refractivity contribution is -0.114. The van der Waals surface area contributed by atoms with Crippen molar-refractivity contribution in [2.75, 3.05) is 62.0 Å². The second-order valence-electron chi connectivity index (χ2n) is 12.4. The number of nitrogens with one attached hydrogen (secondary N) is 7. The first-order chi connectivity index (χ1) is 25.9. The molecule has 0 saturated heterocycles. The fourth-order valence-electron chi connectivity index (χ4n) is 5.45. The van der Waals surface area contributed by atoms with E-state index >= 15 is 0 Å². The molecular weight excluding hydrogens is 692 g/mol. The number of hydrazone groups is 1. The van der Waals surface area contributed by atoms with E-state index in [0.29, 0.717) is 35.6 Å². The van der Waals surface area contributed by atoms with E-state index in [1.807, 2.05) is 18.7 Å². The van der Waals surface area contributed by atoms with Gasteiger partial charge in [-0.2, -0.15) is 5.10 Å². The van der Waals surface area contributed by atoms with E-state index in [1.165, 1.54) is 37.3 Å². The molecule has 0 bridgehead atoms. The summed E-state index contributed by atoms with van der Waals surface area (Å²) in [6.45, 7) is 14.3. The van der Waals surface area contributed by atoms with Crippen molar-refractivity contribution in [3.05, 3.63) is 87.8 Å². The molecule has 4 rings (SSSR count). The predicted octanol–water partition coefficient (Wildman–Crippen LogP) is 3.59. The topological polar surface area (TPSA) is 213 Å². The van der Waals surface area contributed by atoms with Gasteiger partial charge in [0.1, 0.15) is 0 Å². The molecule has 0 aliphatic carbocycles. The Morgan fingerprint density at radius 3 is 1.89 bits per heavy atom. The zero-order chi connectivity index (χ0) is 39.2. The molecule has 16 heteroatoms. The van der Waals surface area contributed by atoms with Gasteiger partial charge in [0.15, 0.2) is 11.5 Å². The number of imidazole rings is 1. The van der Waals surface area contributed by atoms with Gasteiger partial charge in [0, 0.05) is 41.5 Å². The molecule has 0 saturated carbocycles. The third kappa shape index (κ3) is 11.4. The summed E-state index contributed by atoms with van der Waals surface area (Å²) in [6, 6.07) is 15.4. The highest BCUT2D eigenvalue weighted by Crippen LogP contribution is 2.19. The van der Waals surface area contributed by atoms with E-state index in [-0.39, 0.29) is 34.2 Å². The molecule has 1 heterocycles. The molecule has 0 spiro atoms. The van der Waals surface area contributed by atoms with E-state index in [4.69, 9.17) is 0 Å². The molecule has 0 aliphatic heterocycles. The number of fused-ring (bicyclic) bond motifs is 1. The van der Waals surface area contributed by atoms with Crippen molar-refractivity contribution in [3.63, 3.8) is 0 Å². The Balaban J connectivity index is 1.45. The van der Waals surface area contributed by atoms with Gasteiger partial charge in [-0.1, -0.05) is 27.7 Å². The minimum Gasteiger partial charge on any atom is -0.352 e. The minimum absolute atomic E-state index is 0.218. The number of carbonyl (C=O) groups excluding carboxylic acids is 5. The molecule has 16 nitrogen and oxygen atoms in total. The molecule has 0 fully saturated rings. The summed E-state index contributed by atoms with van der Waals surface area (Å²) < 4.78 is 0. The van der Waals surface area contributed by atoms with Crippen LogP contribution in [0.1, 0.15) is 72.1 Å². The molecule has 54 heavy (non-hydrogen) atoms. The molecule has 3 aromatic carbocycles.